The molecule has 0 atom stereocenters. The fraction of sp³-hybridized carbons (Fsp3) is 0.292. The van der Waals surface area contributed by atoms with Gasteiger partial charge in [-0.05, 0) is 24.0 Å². The Hall–Kier alpha value is -2.90. The van der Waals surface area contributed by atoms with Gasteiger partial charge in [0, 0.05) is 37.1 Å². The molecule has 1 N–H and O–H groups in total. The van der Waals surface area contributed by atoms with Crippen molar-refractivity contribution in [3.63, 3.8) is 0 Å². The van der Waals surface area contributed by atoms with Crippen LogP contribution in [0.15, 0.2) is 48.0 Å². The van der Waals surface area contributed by atoms with E-state index in [4.69, 9.17) is 11.2 Å². The standard InChI is InChI=1S/C24H25N5O2S2/c1-3-14-31-16-18-6-4-5-7-20(18)22-17-33-24(26-22)27-23(30)21-9-8-19(15-25-21)28-10-12-29(32-2)13-11-28/h1,4-9,15,17H,10-14,16H2,2H3,(H,26,27,30). The molecule has 1 aromatic carbocycles. The summed E-state index contributed by atoms with van der Waals surface area (Å²) in [5.74, 6) is 2.19. The van der Waals surface area contributed by atoms with E-state index in [0.29, 0.717) is 17.4 Å². The van der Waals surface area contributed by atoms with Gasteiger partial charge in [-0.2, -0.15) is 0 Å². The van der Waals surface area contributed by atoms with Crippen LogP contribution in [0, 0.1) is 12.3 Å². The summed E-state index contributed by atoms with van der Waals surface area (Å²) in [6.45, 7) is 4.58. The van der Waals surface area contributed by atoms with E-state index in [9.17, 15) is 4.79 Å². The molecule has 170 valence electrons. The van der Waals surface area contributed by atoms with Crippen molar-refractivity contribution in [2.24, 2.45) is 0 Å². The Bertz CT molecular complexity index is 1120. The summed E-state index contributed by atoms with van der Waals surface area (Å²) < 4.78 is 7.82. The van der Waals surface area contributed by atoms with Crippen LogP contribution < -0.4 is 10.2 Å². The Morgan fingerprint density at radius 1 is 1.24 bits per heavy atom. The lowest BCUT2D eigenvalue weighted by atomic mass is 10.1. The topological polar surface area (TPSA) is 70.6 Å². The molecule has 9 heteroatoms. The van der Waals surface area contributed by atoms with Crippen molar-refractivity contribution in [3.05, 3.63) is 59.2 Å². The normalized spacial score (nSPS) is 14.1. The number of pyridine rings is 1. The summed E-state index contributed by atoms with van der Waals surface area (Å²) in [5, 5.41) is 5.30. The number of thiazole rings is 1. The highest BCUT2D eigenvalue weighted by Crippen LogP contribution is 2.28. The minimum absolute atomic E-state index is 0.256. The number of anilines is 2. The molecule has 0 radical (unpaired) electrons. The lowest BCUT2D eigenvalue weighted by Gasteiger charge is -2.34. The van der Waals surface area contributed by atoms with Gasteiger partial charge in [0.05, 0.1) is 24.2 Å². The molecule has 2 aromatic heterocycles. The number of nitrogens with one attached hydrogen (secondary N) is 1. The number of carbonyl (C=O) groups excluding carboxylic acids is 1. The fourth-order valence-corrected chi connectivity index (χ4v) is 4.80. The molecular weight excluding hydrogens is 454 g/mol. The second kappa shape index (κ2) is 11.3. The average Bonchev–Trinajstić information content (AvgIpc) is 3.33. The maximum Gasteiger partial charge on any atom is 0.276 e. The Balaban J connectivity index is 1.39. The van der Waals surface area contributed by atoms with Crippen LogP contribution in [-0.4, -0.2) is 59.2 Å². The first-order chi connectivity index (χ1) is 16.2. The molecule has 1 saturated heterocycles. The molecule has 0 bridgehead atoms. The zero-order chi connectivity index (χ0) is 23.0. The van der Waals surface area contributed by atoms with Crippen LogP contribution >= 0.6 is 23.3 Å². The molecule has 33 heavy (non-hydrogen) atoms. The number of nitrogens with zero attached hydrogens (tertiary/aromatic N) is 4. The number of terminal acetylenes is 1. The molecule has 4 rings (SSSR count). The number of ether oxygens (including phenoxy) is 1. The average molecular weight is 480 g/mol. The molecule has 0 unspecified atom stereocenters. The van der Waals surface area contributed by atoms with E-state index in [-0.39, 0.29) is 12.5 Å². The van der Waals surface area contributed by atoms with Gasteiger partial charge in [0.2, 0.25) is 0 Å². The predicted molar refractivity (Wildman–Crippen MR) is 136 cm³/mol. The molecule has 0 aliphatic carbocycles. The Morgan fingerprint density at radius 3 is 2.79 bits per heavy atom. The number of benzene rings is 1. The molecule has 0 saturated carbocycles. The van der Waals surface area contributed by atoms with Gasteiger partial charge in [-0.25, -0.2) is 14.3 Å². The van der Waals surface area contributed by atoms with Gasteiger partial charge in [-0.15, -0.1) is 17.8 Å². The van der Waals surface area contributed by atoms with Crippen LogP contribution in [0.25, 0.3) is 11.3 Å². The third-order valence-corrected chi connectivity index (χ3v) is 6.94. The summed E-state index contributed by atoms with van der Waals surface area (Å²) in [4.78, 5) is 24.0. The zero-order valence-electron chi connectivity index (χ0n) is 18.4. The Morgan fingerprint density at radius 2 is 2.06 bits per heavy atom. The van der Waals surface area contributed by atoms with E-state index in [1.54, 1.807) is 24.2 Å². The lowest BCUT2D eigenvalue weighted by Crippen LogP contribution is -2.43. The maximum atomic E-state index is 12.7. The van der Waals surface area contributed by atoms with Crippen molar-refractivity contribution in [1.29, 1.82) is 0 Å². The summed E-state index contributed by atoms with van der Waals surface area (Å²) in [5.41, 5.74) is 4.12. The highest BCUT2D eigenvalue weighted by Gasteiger charge is 2.18. The summed E-state index contributed by atoms with van der Waals surface area (Å²) in [6, 6.07) is 11.6. The van der Waals surface area contributed by atoms with E-state index in [1.165, 1.54) is 11.3 Å². The van der Waals surface area contributed by atoms with E-state index < -0.39 is 0 Å². The van der Waals surface area contributed by atoms with Gasteiger partial charge >= 0.3 is 0 Å². The predicted octanol–water partition coefficient (Wildman–Crippen LogP) is 4.01. The van der Waals surface area contributed by atoms with E-state index in [2.05, 4.69) is 36.7 Å². The van der Waals surface area contributed by atoms with Crippen molar-refractivity contribution in [2.75, 3.05) is 49.3 Å². The van der Waals surface area contributed by atoms with Crippen molar-refractivity contribution >= 4 is 40.0 Å². The second-order valence-electron chi connectivity index (χ2n) is 7.35. The fourth-order valence-electron chi connectivity index (χ4n) is 3.57. The number of carbonyl (C=O) groups is 1. The molecule has 1 fully saturated rings. The molecular formula is C24H25N5O2S2. The SMILES string of the molecule is C#CCOCc1ccccc1-c1csc(NC(=O)c2ccc(N3CCN(SC)CC3)cn2)n1. The van der Waals surface area contributed by atoms with Gasteiger partial charge < -0.3 is 9.64 Å². The molecule has 1 aliphatic rings. The summed E-state index contributed by atoms with van der Waals surface area (Å²) in [7, 11) is 0. The Kier molecular flexibility index (Phi) is 7.96. The van der Waals surface area contributed by atoms with Crippen LogP contribution in [0.3, 0.4) is 0 Å². The number of hydrogen-bond acceptors (Lipinski definition) is 8. The largest absolute Gasteiger partial charge is 0.368 e. The summed E-state index contributed by atoms with van der Waals surface area (Å²) >= 11 is 3.15. The number of amides is 1. The second-order valence-corrected chi connectivity index (χ2v) is 9.09. The number of aromatic nitrogens is 2. The first-order valence-corrected chi connectivity index (χ1v) is 12.6. The highest BCUT2D eigenvalue weighted by molar-refractivity contribution is 7.96. The van der Waals surface area contributed by atoms with Gasteiger partial charge in [0.15, 0.2) is 5.13 Å². The molecule has 1 amide bonds. The maximum absolute atomic E-state index is 12.7. The summed E-state index contributed by atoms with van der Waals surface area (Å²) in [6.07, 6.45) is 9.13. The van der Waals surface area contributed by atoms with Gasteiger partial charge in [-0.1, -0.05) is 42.1 Å². The first-order valence-electron chi connectivity index (χ1n) is 10.5. The Labute approximate surface area is 202 Å². The highest BCUT2D eigenvalue weighted by atomic mass is 32.2. The van der Waals surface area contributed by atoms with E-state index in [1.807, 2.05) is 35.7 Å². The van der Waals surface area contributed by atoms with Crippen molar-refractivity contribution < 1.29 is 9.53 Å². The van der Waals surface area contributed by atoms with Crippen molar-refractivity contribution in [1.82, 2.24) is 14.3 Å². The van der Waals surface area contributed by atoms with Crippen LogP contribution in [0.2, 0.25) is 0 Å². The molecule has 3 heterocycles. The van der Waals surface area contributed by atoms with E-state index >= 15 is 0 Å². The third kappa shape index (κ3) is 5.92. The number of piperazine rings is 1. The van der Waals surface area contributed by atoms with Gasteiger partial charge in [-0.3, -0.25) is 10.1 Å². The minimum Gasteiger partial charge on any atom is -0.368 e. The minimum atomic E-state index is -0.278. The van der Waals surface area contributed by atoms with Crippen LogP contribution in [0.4, 0.5) is 10.8 Å². The number of hydrogen-bond donors (Lipinski definition) is 1. The van der Waals surface area contributed by atoms with Gasteiger partial charge in [0.25, 0.3) is 5.91 Å². The quantitative estimate of drug-likeness (QED) is 0.297. The zero-order valence-corrected chi connectivity index (χ0v) is 20.0. The number of rotatable bonds is 8. The van der Waals surface area contributed by atoms with Crippen LogP contribution in [0.1, 0.15) is 16.1 Å². The molecule has 1 aliphatic heterocycles. The lowest BCUT2D eigenvalue weighted by molar-refractivity contribution is 0.102. The van der Waals surface area contributed by atoms with Crippen LogP contribution in [-0.2, 0) is 11.3 Å². The van der Waals surface area contributed by atoms with Crippen molar-refractivity contribution in [3.8, 4) is 23.6 Å². The van der Waals surface area contributed by atoms with Crippen LogP contribution in [0.5, 0.6) is 0 Å². The molecule has 0 spiro atoms. The smallest absolute Gasteiger partial charge is 0.276 e. The van der Waals surface area contributed by atoms with Crippen molar-refractivity contribution in [2.45, 2.75) is 6.61 Å². The van der Waals surface area contributed by atoms with E-state index in [0.717, 1.165) is 48.7 Å². The first kappa shape index (κ1) is 23.3. The third-order valence-electron chi connectivity index (χ3n) is 5.30. The molecule has 3 aromatic rings. The molecule has 7 nitrogen and oxygen atoms in total. The van der Waals surface area contributed by atoms with Gasteiger partial charge in [0.1, 0.15) is 12.3 Å². The monoisotopic (exact) mass is 479 g/mol.